The maximum atomic E-state index is 15.5. The van der Waals surface area contributed by atoms with E-state index in [-0.39, 0.29) is 54.5 Å². The third-order valence-corrected chi connectivity index (χ3v) is 7.24. The van der Waals surface area contributed by atoms with Crippen LogP contribution in [0.25, 0.3) is 10.9 Å². The fraction of sp³-hybridized carbons (Fsp3) is 0.346. The summed E-state index contributed by atoms with van der Waals surface area (Å²) in [7, 11) is 1.13. The van der Waals surface area contributed by atoms with Crippen molar-refractivity contribution in [3.8, 4) is 5.75 Å². The van der Waals surface area contributed by atoms with Gasteiger partial charge in [0.25, 0.3) is 5.91 Å². The number of aromatic nitrogens is 1. The van der Waals surface area contributed by atoms with Crippen LogP contribution in [0, 0.1) is 11.7 Å². The van der Waals surface area contributed by atoms with Gasteiger partial charge in [0.2, 0.25) is 5.43 Å². The van der Waals surface area contributed by atoms with Crippen LogP contribution in [0.1, 0.15) is 28.8 Å². The van der Waals surface area contributed by atoms with E-state index in [9.17, 15) is 32.7 Å². The Morgan fingerprint density at radius 1 is 1.18 bits per heavy atom. The lowest BCUT2D eigenvalue weighted by Crippen LogP contribution is -2.37. The van der Waals surface area contributed by atoms with Gasteiger partial charge in [0.05, 0.1) is 23.9 Å². The molecule has 0 bridgehead atoms. The van der Waals surface area contributed by atoms with Gasteiger partial charge in [-0.3, -0.25) is 14.4 Å². The molecular formula is C26H23Cl2F4N3O5. The standard InChI is InChI=1S/C26H23Cl2F4N3O5/c1-40-23-20-16(9-19(29)21(23)34-6-4-13(5-7-34)25(38)39)22(36)17(11-35(20)12-26(30,31)32)24(37)33-10-14-2-3-15(27)8-18(14)28/h2-3,8-9,11,13H,4-7,10,12H2,1H3,(H,33,37)(H,38,39). The summed E-state index contributed by atoms with van der Waals surface area (Å²) in [6, 6.07) is 5.28. The molecule has 0 radical (unpaired) electrons. The molecule has 0 atom stereocenters. The van der Waals surface area contributed by atoms with Gasteiger partial charge in [-0.2, -0.15) is 13.2 Å². The minimum absolute atomic E-state index is 0.104. The van der Waals surface area contributed by atoms with Crippen LogP contribution >= 0.6 is 23.2 Å². The highest BCUT2D eigenvalue weighted by atomic mass is 35.5. The molecule has 0 unspecified atom stereocenters. The Kier molecular flexibility index (Phi) is 8.50. The Labute approximate surface area is 235 Å². The normalized spacial score (nSPS) is 14.4. The monoisotopic (exact) mass is 603 g/mol. The lowest BCUT2D eigenvalue weighted by Gasteiger charge is -2.33. The fourth-order valence-corrected chi connectivity index (χ4v) is 5.22. The molecule has 1 aliphatic rings. The summed E-state index contributed by atoms with van der Waals surface area (Å²) < 4.78 is 62.4. The third kappa shape index (κ3) is 6.12. The van der Waals surface area contributed by atoms with Gasteiger partial charge in [-0.25, -0.2) is 4.39 Å². The highest BCUT2D eigenvalue weighted by Crippen LogP contribution is 2.40. The number of piperidine rings is 1. The molecule has 1 fully saturated rings. The number of carbonyl (C=O) groups excluding carboxylic acids is 1. The number of fused-ring (bicyclic) bond motifs is 1. The molecule has 2 N–H and O–H groups in total. The van der Waals surface area contributed by atoms with E-state index in [1.54, 1.807) is 0 Å². The number of nitrogens with one attached hydrogen (secondary N) is 1. The van der Waals surface area contributed by atoms with E-state index in [1.165, 1.54) is 23.1 Å². The molecule has 2 heterocycles. The number of ether oxygens (including phenoxy) is 1. The number of rotatable bonds is 7. The number of carbonyl (C=O) groups is 2. The predicted octanol–water partition coefficient (Wildman–Crippen LogP) is 5.25. The molecule has 4 rings (SSSR count). The summed E-state index contributed by atoms with van der Waals surface area (Å²) >= 11 is 12.0. The van der Waals surface area contributed by atoms with Crippen molar-refractivity contribution in [1.82, 2.24) is 9.88 Å². The quantitative estimate of drug-likeness (QED) is 0.358. The number of anilines is 1. The van der Waals surface area contributed by atoms with Crippen LogP contribution < -0.4 is 20.4 Å². The molecule has 1 saturated heterocycles. The zero-order chi connectivity index (χ0) is 29.4. The first-order chi connectivity index (χ1) is 18.8. The molecule has 0 aliphatic carbocycles. The summed E-state index contributed by atoms with van der Waals surface area (Å²) in [6.07, 6.45) is -3.64. The molecule has 14 heteroatoms. The molecule has 1 aliphatic heterocycles. The van der Waals surface area contributed by atoms with Crippen molar-refractivity contribution in [3.63, 3.8) is 0 Å². The lowest BCUT2D eigenvalue weighted by molar-refractivity contribution is -0.142. The predicted molar refractivity (Wildman–Crippen MR) is 141 cm³/mol. The van der Waals surface area contributed by atoms with Crippen LogP contribution in [0.15, 0.2) is 35.3 Å². The van der Waals surface area contributed by atoms with E-state index in [4.69, 9.17) is 27.9 Å². The fourth-order valence-electron chi connectivity index (χ4n) is 4.74. The third-order valence-electron chi connectivity index (χ3n) is 6.66. The van der Waals surface area contributed by atoms with Gasteiger partial charge in [0.15, 0.2) is 11.6 Å². The molecule has 1 aromatic heterocycles. The lowest BCUT2D eigenvalue weighted by atomic mass is 9.96. The van der Waals surface area contributed by atoms with Crippen LogP contribution in [0.2, 0.25) is 10.0 Å². The Bertz CT molecular complexity index is 1540. The first-order valence-electron chi connectivity index (χ1n) is 12.0. The van der Waals surface area contributed by atoms with Gasteiger partial charge < -0.3 is 24.6 Å². The number of amides is 1. The number of aliphatic carboxylic acids is 1. The Morgan fingerprint density at radius 2 is 1.85 bits per heavy atom. The highest BCUT2D eigenvalue weighted by molar-refractivity contribution is 6.35. The SMILES string of the molecule is COc1c(N2CCC(C(=O)O)CC2)c(F)cc2c(=O)c(C(=O)NCc3ccc(Cl)cc3Cl)cn(CC(F)(F)F)c12. The molecule has 214 valence electrons. The second-order valence-corrected chi connectivity index (χ2v) is 10.1. The number of methoxy groups -OCH3 is 1. The summed E-state index contributed by atoms with van der Waals surface area (Å²) in [5.41, 5.74) is -1.73. The number of hydrogen-bond acceptors (Lipinski definition) is 5. The topological polar surface area (TPSA) is 101 Å². The van der Waals surface area contributed by atoms with E-state index in [0.717, 1.165) is 19.4 Å². The van der Waals surface area contributed by atoms with Gasteiger partial charge in [-0.15, -0.1) is 0 Å². The van der Waals surface area contributed by atoms with Crippen LogP contribution in [0.5, 0.6) is 5.75 Å². The number of hydrogen-bond donors (Lipinski definition) is 2. The number of halogens is 6. The zero-order valence-electron chi connectivity index (χ0n) is 20.9. The van der Waals surface area contributed by atoms with Crippen LogP contribution in [0.4, 0.5) is 23.2 Å². The summed E-state index contributed by atoms with van der Waals surface area (Å²) in [6.45, 7) is -1.55. The molecule has 2 aromatic carbocycles. The molecule has 0 saturated carbocycles. The molecule has 3 aromatic rings. The summed E-state index contributed by atoms with van der Waals surface area (Å²) in [4.78, 5) is 39.1. The Hall–Kier alpha value is -3.51. The maximum Gasteiger partial charge on any atom is 0.406 e. The molecule has 0 spiro atoms. The van der Waals surface area contributed by atoms with E-state index in [1.807, 2.05) is 0 Å². The van der Waals surface area contributed by atoms with E-state index in [0.29, 0.717) is 15.2 Å². The van der Waals surface area contributed by atoms with Gasteiger partial charge in [-0.05, 0) is 36.6 Å². The molecule has 1 amide bonds. The molecule has 40 heavy (non-hydrogen) atoms. The van der Waals surface area contributed by atoms with Crippen molar-refractivity contribution >= 4 is 51.7 Å². The van der Waals surface area contributed by atoms with E-state index < -0.39 is 52.7 Å². The first kappa shape index (κ1) is 29.5. The minimum atomic E-state index is -4.77. The van der Waals surface area contributed by atoms with Crippen molar-refractivity contribution in [2.45, 2.75) is 32.1 Å². The van der Waals surface area contributed by atoms with Gasteiger partial charge in [0, 0.05) is 35.9 Å². The van der Waals surface area contributed by atoms with Gasteiger partial charge >= 0.3 is 12.1 Å². The van der Waals surface area contributed by atoms with Crippen LogP contribution in [-0.2, 0) is 17.9 Å². The average molecular weight is 604 g/mol. The number of alkyl halides is 3. The number of carboxylic acid groups (broad SMARTS) is 1. The maximum absolute atomic E-state index is 15.5. The first-order valence-corrected chi connectivity index (χ1v) is 12.8. The zero-order valence-corrected chi connectivity index (χ0v) is 22.5. The second kappa shape index (κ2) is 11.5. The van der Waals surface area contributed by atoms with Gasteiger partial charge in [-0.1, -0.05) is 29.3 Å². The summed E-state index contributed by atoms with van der Waals surface area (Å²) in [5, 5.41) is 11.8. The van der Waals surface area contributed by atoms with Crippen LogP contribution in [-0.4, -0.2) is 47.9 Å². The number of nitrogens with zero attached hydrogens (tertiary/aromatic N) is 2. The van der Waals surface area contributed by atoms with Crippen molar-refractivity contribution in [2.75, 3.05) is 25.1 Å². The van der Waals surface area contributed by atoms with Crippen molar-refractivity contribution in [1.29, 1.82) is 0 Å². The van der Waals surface area contributed by atoms with Crippen LogP contribution in [0.3, 0.4) is 0 Å². The average Bonchev–Trinajstić information content (AvgIpc) is 2.88. The van der Waals surface area contributed by atoms with Crippen molar-refractivity contribution in [2.24, 2.45) is 5.92 Å². The number of pyridine rings is 1. The highest BCUT2D eigenvalue weighted by Gasteiger charge is 2.33. The van der Waals surface area contributed by atoms with E-state index in [2.05, 4.69) is 5.32 Å². The van der Waals surface area contributed by atoms with Crippen molar-refractivity contribution < 1.29 is 37.0 Å². The molecule has 8 nitrogen and oxygen atoms in total. The number of carboxylic acids is 1. The largest absolute Gasteiger partial charge is 0.492 e. The van der Waals surface area contributed by atoms with Crippen molar-refractivity contribution in [3.05, 3.63) is 67.7 Å². The second-order valence-electron chi connectivity index (χ2n) is 9.27. The summed E-state index contributed by atoms with van der Waals surface area (Å²) in [5.74, 6) is -3.91. The van der Waals surface area contributed by atoms with E-state index >= 15 is 4.39 Å². The smallest absolute Gasteiger partial charge is 0.406 e. The Balaban J connectivity index is 1.81. The van der Waals surface area contributed by atoms with Gasteiger partial charge in [0.1, 0.15) is 17.8 Å². The number of benzene rings is 2. The Morgan fingerprint density at radius 3 is 2.42 bits per heavy atom. The molecular weight excluding hydrogens is 581 g/mol. The minimum Gasteiger partial charge on any atom is -0.492 e.